The average Bonchev–Trinajstić information content (AvgIpc) is 2.30. The van der Waals surface area contributed by atoms with Crippen molar-refractivity contribution in [2.24, 2.45) is 0 Å². The number of hydrogen-bond donors (Lipinski definition) is 0. The zero-order valence-corrected chi connectivity index (χ0v) is 23.4. The van der Waals surface area contributed by atoms with E-state index in [9.17, 15) is 0 Å². The van der Waals surface area contributed by atoms with Crippen molar-refractivity contribution in [3.8, 4) is 0 Å². The Kier molecular flexibility index (Phi) is 5.94. The summed E-state index contributed by atoms with van der Waals surface area (Å²) in [4.78, 5) is 0. The molecule has 0 aromatic heterocycles. The van der Waals surface area contributed by atoms with Crippen LogP contribution in [-0.2, 0) is 4.74 Å². The maximum absolute atomic E-state index is 5.83. The van der Waals surface area contributed by atoms with Crippen LogP contribution in [0.5, 0.6) is 0 Å². The number of nitrogens with zero attached hydrogens (tertiary/aromatic N) is 2. The van der Waals surface area contributed by atoms with Crippen LogP contribution < -0.4 is 0 Å². The van der Waals surface area contributed by atoms with Crippen LogP contribution in [0.25, 0.3) is 0 Å². The van der Waals surface area contributed by atoms with Gasteiger partial charge in [0.2, 0.25) is 0 Å². The second-order valence-corrected chi connectivity index (χ2v) is 30.7. The molecule has 26 heavy (non-hydrogen) atoms. The van der Waals surface area contributed by atoms with Crippen LogP contribution in [0.4, 0.5) is 0 Å². The first kappa shape index (κ1) is 22.1. The standard InChI is InChI=1S/2C9H18N.C3H5O.HI.Sn/c2*1-8(2)6-5-7-9(3,4)10-8;1-2-4-3-1;;/h2*5-7H2,1-4H3;1H,2-3H2;1H;/q2*-1;;;+3/p-1. The van der Waals surface area contributed by atoms with Crippen LogP contribution in [-0.4, -0.2) is 56.6 Å². The zero-order chi connectivity index (χ0) is 19.6. The zero-order valence-electron chi connectivity index (χ0n) is 18.4. The molecule has 3 rings (SSSR count). The van der Waals surface area contributed by atoms with Crippen molar-refractivity contribution in [2.75, 3.05) is 13.2 Å². The number of piperidine rings is 2. The molecular formula is C21H41IN2OSn. The summed E-state index contributed by atoms with van der Waals surface area (Å²) >= 11 is 0.0667. The van der Waals surface area contributed by atoms with Crippen molar-refractivity contribution >= 4 is 33.6 Å². The van der Waals surface area contributed by atoms with Gasteiger partial charge in [-0.2, -0.15) is 0 Å². The van der Waals surface area contributed by atoms with E-state index in [1.807, 2.05) is 0 Å². The molecule has 0 aliphatic carbocycles. The molecule has 0 radical (unpaired) electrons. The van der Waals surface area contributed by atoms with Crippen LogP contribution in [0, 0.1) is 0 Å². The summed E-state index contributed by atoms with van der Waals surface area (Å²) in [6.07, 6.45) is 8.06. The minimum atomic E-state index is -3.01. The molecule has 0 aromatic rings. The molecule has 152 valence electrons. The van der Waals surface area contributed by atoms with Crippen LogP contribution in [0.1, 0.15) is 93.9 Å². The third-order valence-electron chi connectivity index (χ3n) is 7.36. The van der Waals surface area contributed by atoms with Gasteiger partial charge in [-0.1, -0.05) is 0 Å². The molecule has 3 saturated heterocycles. The molecule has 3 aliphatic heterocycles. The molecule has 0 atom stereocenters. The Balaban J connectivity index is 2.17. The summed E-state index contributed by atoms with van der Waals surface area (Å²) in [6.45, 7) is 22.2. The van der Waals surface area contributed by atoms with E-state index in [4.69, 9.17) is 4.74 Å². The predicted octanol–water partition coefficient (Wildman–Crippen LogP) is 5.85. The number of halogens is 1. The van der Waals surface area contributed by atoms with E-state index in [1.165, 1.54) is 38.5 Å². The van der Waals surface area contributed by atoms with Gasteiger partial charge in [0.25, 0.3) is 0 Å². The van der Waals surface area contributed by atoms with Crippen LogP contribution >= 0.6 is 18.6 Å². The summed E-state index contributed by atoms with van der Waals surface area (Å²) in [5, 5.41) is 0. The van der Waals surface area contributed by atoms with Crippen molar-refractivity contribution in [1.29, 1.82) is 0 Å². The quantitative estimate of drug-likeness (QED) is 0.307. The van der Waals surface area contributed by atoms with Crippen LogP contribution in [0.15, 0.2) is 0 Å². The fourth-order valence-electron chi connectivity index (χ4n) is 6.60. The van der Waals surface area contributed by atoms with Crippen LogP contribution in [0.3, 0.4) is 0 Å². The van der Waals surface area contributed by atoms with Gasteiger partial charge in [-0.15, -0.1) is 0 Å². The molecule has 0 unspecified atom stereocenters. The number of ether oxygens (including phenoxy) is 1. The Morgan fingerprint density at radius 1 is 0.692 bits per heavy atom. The van der Waals surface area contributed by atoms with Crippen molar-refractivity contribution in [1.82, 2.24) is 6.24 Å². The van der Waals surface area contributed by atoms with Gasteiger partial charge in [0.15, 0.2) is 0 Å². The van der Waals surface area contributed by atoms with Crippen molar-refractivity contribution in [2.45, 2.75) is 120 Å². The summed E-state index contributed by atoms with van der Waals surface area (Å²) < 4.78 is 12.9. The Hall–Kier alpha value is 1.41. The monoisotopic (exact) mass is 584 g/mol. The third kappa shape index (κ3) is 3.54. The van der Waals surface area contributed by atoms with Gasteiger partial charge in [0.1, 0.15) is 0 Å². The summed E-state index contributed by atoms with van der Waals surface area (Å²) in [5.74, 6) is 0. The molecule has 5 heteroatoms. The topological polar surface area (TPSA) is 15.7 Å². The maximum atomic E-state index is 5.83. The van der Waals surface area contributed by atoms with Gasteiger partial charge in [-0.25, -0.2) is 0 Å². The van der Waals surface area contributed by atoms with E-state index in [0.29, 0.717) is 0 Å². The molecule has 3 fully saturated rings. The van der Waals surface area contributed by atoms with Gasteiger partial charge >= 0.3 is 178 Å². The number of hydrogen-bond acceptors (Lipinski definition) is 3. The van der Waals surface area contributed by atoms with Crippen molar-refractivity contribution in [3.63, 3.8) is 0 Å². The summed E-state index contributed by atoms with van der Waals surface area (Å²) in [5.41, 5.74) is 1.16. The third-order valence-corrected chi connectivity index (χ3v) is 34.1. The normalized spacial score (nSPS) is 32.2. The second kappa shape index (κ2) is 6.98. The molecular weight excluding hydrogens is 542 g/mol. The van der Waals surface area contributed by atoms with Gasteiger partial charge in [-0.05, 0) is 0 Å². The van der Waals surface area contributed by atoms with E-state index in [0.717, 1.165) is 17.1 Å². The van der Waals surface area contributed by atoms with Gasteiger partial charge in [-0.3, -0.25) is 0 Å². The van der Waals surface area contributed by atoms with Crippen molar-refractivity contribution < 1.29 is 4.74 Å². The Labute approximate surface area is 176 Å². The van der Waals surface area contributed by atoms with E-state index >= 15 is 0 Å². The first-order chi connectivity index (χ1) is 11.8. The first-order valence-corrected chi connectivity index (χ1v) is 23.1. The fraction of sp³-hybridized carbons (Fsp3) is 1.00. The van der Waals surface area contributed by atoms with Crippen LogP contribution in [0.2, 0.25) is 3.93 Å². The molecule has 0 saturated carbocycles. The van der Waals surface area contributed by atoms with E-state index in [-0.39, 0.29) is 22.2 Å². The van der Waals surface area contributed by atoms with Gasteiger partial charge < -0.3 is 0 Å². The molecule has 0 spiro atoms. The predicted molar refractivity (Wildman–Crippen MR) is 122 cm³/mol. The molecule has 0 N–H and O–H groups in total. The molecule has 3 nitrogen and oxygen atoms in total. The van der Waals surface area contributed by atoms with Gasteiger partial charge in [0, 0.05) is 0 Å². The molecule has 0 aromatic carbocycles. The Morgan fingerprint density at radius 2 is 1.00 bits per heavy atom. The molecule has 3 heterocycles. The van der Waals surface area contributed by atoms with E-state index in [2.05, 4.69) is 80.3 Å². The number of rotatable bonds is 3. The molecule has 0 bridgehead atoms. The van der Waals surface area contributed by atoms with Crippen molar-refractivity contribution in [3.05, 3.63) is 0 Å². The van der Waals surface area contributed by atoms with Gasteiger partial charge in [0.05, 0.1) is 0 Å². The van der Waals surface area contributed by atoms with E-state index < -0.39 is 15.0 Å². The Bertz CT molecular complexity index is 472. The van der Waals surface area contributed by atoms with E-state index in [1.54, 1.807) is 0 Å². The molecule has 3 aliphatic rings. The molecule has 0 amide bonds. The summed E-state index contributed by atoms with van der Waals surface area (Å²) in [7, 11) is 0. The minimum absolute atomic E-state index is 0.290. The second-order valence-electron chi connectivity index (χ2n) is 11.5. The fourth-order valence-corrected chi connectivity index (χ4v) is 42.0. The first-order valence-electron chi connectivity index (χ1n) is 10.6. The Morgan fingerprint density at radius 3 is 1.23 bits per heavy atom. The average molecular weight is 583 g/mol. The SMILES string of the molecule is CC1(C)CCCC(C)(C)[N]1[Sn]([I])([CH]1COC1)[N]1C(C)(C)CCCC1(C)C. The summed E-state index contributed by atoms with van der Waals surface area (Å²) in [6, 6.07) is 0.